The maximum Gasteiger partial charge on any atom is 0.327 e. The van der Waals surface area contributed by atoms with Crippen molar-refractivity contribution in [3.05, 3.63) is 0 Å². The number of nitrogens with zero attached hydrogens (tertiary/aromatic N) is 4. The Kier molecular flexibility index (Phi) is 3.25. The second-order valence-corrected chi connectivity index (χ2v) is 3.18. The van der Waals surface area contributed by atoms with Crippen molar-refractivity contribution in [1.82, 2.24) is 9.31 Å². The molecular formula is C5H10N6O2S. The van der Waals surface area contributed by atoms with Gasteiger partial charge in [-0.05, 0) is 0 Å². The van der Waals surface area contributed by atoms with E-state index in [1.54, 1.807) is 0 Å². The summed E-state index contributed by atoms with van der Waals surface area (Å²) in [6.07, 6.45) is 0. The van der Waals surface area contributed by atoms with Crippen LogP contribution in [0.3, 0.4) is 0 Å². The highest BCUT2D eigenvalue weighted by molar-refractivity contribution is 7.78. The van der Waals surface area contributed by atoms with Gasteiger partial charge in [-0.15, -0.1) is 0 Å². The number of hydrogen-bond acceptors (Lipinski definition) is 6. The van der Waals surface area contributed by atoms with Crippen LogP contribution in [0.4, 0.5) is 0 Å². The highest BCUT2D eigenvalue weighted by Gasteiger charge is 2.36. The van der Waals surface area contributed by atoms with Gasteiger partial charge in [0.1, 0.15) is 0 Å². The Morgan fingerprint density at radius 3 is 2.71 bits per heavy atom. The molecule has 1 aliphatic rings. The van der Waals surface area contributed by atoms with E-state index in [1.165, 1.54) is 0 Å². The minimum Gasteiger partial charge on any atom is -0.305 e. The predicted molar refractivity (Wildman–Crippen MR) is 49.4 cm³/mol. The third-order valence-electron chi connectivity index (χ3n) is 1.80. The summed E-state index contributed by atoms with van der Waals surface area (Å²) in [5.74, 6) is 8.61. The molecule has 8 nitrogen and oxygen atoms in total. The van der Waals surface area contributed by atoms with E-state index in [0.717, 1.165) is 9.31 Å². The number of hydrazine groups is 1. The topological polar surface area (TPSA) is 117 Å². The smallest absolute Gasteiger partial charge is 0.305 e. The molecular weight excluding hydrogens is 208 g/mol. The molecule has 1 fully saturated rings. The Morgan fingerprint density at radius 2 is 2.14 bits per heavy atom. The molecule has 0 aromatic rings. The molecule has 0 bridgehead atoms. The zero-order valence-electron chi connectivity index (χ0n) is 7.20. The van der Waals surface area contributed by atoms with Crippen molar-refractivity contribution in [2.24, 2.45) is 22.0 Å². The highest BCUT2D eigenvalue weighted by atomic mass is 32.1. The summed E-state index contributed by atoms with van der Waals surface area (Å²) in [6, 6.07) is -0.440. The quantitative estimate of drug-likeness (QED) is 0.125. The number of amides is 2. The first-order valence-corrected chi connectivity index (χ1v) is 4.13. The van der Waals surface area contributed by atoms with Gasteiger partial charge in [0.15, 0.2) is 0 Å². The molecule has 0 aromatic heterocycles. The number of rotatable bonds is 2. The van der Waals surface area contributed by atoms with Gasteiger partial charge in [0, 0.05) is 0 Å². The molecule has 1 rings (SSSR count). The van der Waals surface area contributed by atoms with Crippen molar-refractivity contribution in [2.45, 2.75) is 6.04 Å². The molecule has 0 aliphatic carbocycles. The van der Waals surface area contributed by atoms with Gasteiger partial charge in [-0.1, -0.05) is 18.0 Å². The zero-order chi connectivity index (χ0) is 10.7. The molecule has 9 heteroatoms. The van der Waals surface area contributed by atoms with Gasteiger partial charge in [-0.2, -0.15) is 5.11 Å². The average Bonchev–Trinajstić information content (AvgIpc) is 2.18. The lowest BCUT2D eigenvalue weighted by molar-refractivity contribution is -0.154. The minimum absolute atomic E-state index is 0.142. The number of carbonyl (C=O) groups is 2. The van der Waals surface area contributed by atoms with Gasteiger partial charge in [0.05, 0.1) is 19.1 Å². The number of nitrogens with two attached hydrogens (primary N) is 2. The normalized spacial score (nSPS) is 23.7. The standard InChI is InChI=1S/C5H10N6O2S/c6-9-8-1-3-2-10(14)4(12)5(13)11(3)7/h3,14H,1-2,7H2,(H2,6,8)/t3-/m1/s1. The maximum absolute atomic E-state index is 11.2. The maximum atomic E-state index is 11.2. The summed E-state index contributed by atoms with van der Waals surface area (Å²) in [4.78, 5) is 22.2. The number of hydrogen-bond donors (Lipinski definition) is 3. The van der Waals surface area contributed by atoms with Crippen LogP contribution in [-0.4, -0.2) is 40.3 Å². The first kappa shape index (κ1) is 10.7. The van der Waals surface area contributed by atoms with E-state index < -0.39 is 17.9 Å². The molecule has 0 unspecified atom stereocenters. The van der Waals surface area contributed by atoms with Crippen LogP contribution in [0.25, 0.3) is 0 Å². The fourth-order valence-electron chi connectivity index (χ4n) is 1.04. The van der Waals surface area contributed by atoms with Gasteiger partial charge >= 0.3 is 11.8 Å². The summed E-state index contributed by atoms with van der Waals surface area (Å²) in [7, 11) is 0. The molecule has 2 amide bonds. The fourth-order valence-corrected chi connectivity index (χ4v) is 1.32. The molecule has 0 saturated carbocycles. The van der Waals surface area contributed by atoms with Crippen molar-refractivity contribution < 1.29 is 9.59 Å². The summed E-state index contributed by atoms with van der Waals surface area (Å²) < 4.78 is 0.988. The van der Waals surface area contributed by atoms with E-state index in [9.17, 15) is 9.59 Å². The molecule has 78 valence electrons. The van der Waals surface area contributed by atoms with Crippen LogP contribution in [0.2, 0.25) is 0 Å². The Hall–Kier alpha value is -1.35. The van der Waals surface area contributed by atoms with E-state index >= 15 is 0 Å². The average molecular weight is 218 g/mol. The van der Waals surface area contributed by atoms with Crippen LogP contribution in [0.1, 0.15) is 0 Å². The fraction of sp³-hybridized carbons (Fsp3) is 0.600. The van der Waals surface area contributed by atoms with Gasteiger partial charge in [-0.3, -0.25) is 18.9 Å². The second-order valence-electron chi connectivity index (χ2n) is 2.69. The van der Waals surface area contributed by atoms with Crippen molar-refractivity contribution in [3.63, 3.8) is 0 Å². The van der Waals surface area contributed by atoms with E-state index in [1.807, 2.05) is 0 Å². The zero-order valence-corrected chi connectivity index (χ0v) is 8.09. The molecule has 4 N–H and O–H groups in total. The van der Waals surface area contributed by atoms with Crippen molar-refractivity contribution in [2.75, 3.05) is 13.1 Å². The lowest BCUT2D eigenvalue weighted by Gasteiger charge is -2.33. The van der Waals surface area contributed by atoms with Crippen molar-refractivity contribution in [3.8, 4) is 0 Å². The third-order valence-corrected chi connectivity index (χ3v) is 2.15. The summed E-state index contributed by atoms with van der Waals surface area (Å²) >= 11 is 3.81. The van der Waals surface area contributed by atoms with Gasteiger partial charge in [0.25, 0.3) is 0 Å². The first-order chi connectivity index (χ1) is 6.57. The van der Waals surface area contributed by atoms with E-state index in [4.69, 9.17) is 11.7 Å². The van der Waals surface area contributed by atoms with E-state index in [0.29, 0.717) is 0 Å². The lowest BCUT2D eigenvalue weighted by atomic mass is 10.2. The molecule has 1 heterocycles. The Bertz CT molecular complexity index is 281. The van der Waals surface area contributed by atoms with Gasteiger partial charge in [0.2, 0.25) is 0 Å². The Balaban J connectivity index is 2.70. The van der Waals surface area contributed by atoms with E-state index in [-0.39, 0.29) is 13.1 Å². The monoisotopic (exact) mass is 218 g/mol. The van der Waals surface area contributed by atoms with Crippen LogP contribution in [0.5, 0.6) is 0 Å². The third kappa shape index (κ3) is 1.93. The largest absolute Gasteiger partial charge is 0.327 e. The van der Waals surface area contributed by atoms with Crippen LogP contribution < -0.4 is 11.7 Å². The SMILES string of the molecule is NN=NC[C@@H]1CN(S)C(=O)C(=O)N1N. The summed E-state index contributed by atoms with van der Waals surface area (Å²) in [6.45, 7) is 0.340. The Labute approximate surface area is 85.4 Å². The molecule has 0 radical (unpaired) electrons. The van der Waals surface area contributed by atoms with Crippen molar-refractivity contribution >= 4 is 24.6 Å². The Morgan fingerprint density at radius 1 is 1.50 bits per heavy atom. The lowest BCUT2D eigenvalue weighted by Crippen LogP contribution is -2.60. The second kappa shape index (κ2) is 4.24. The molecule has 1 aliphatic heterocycles. The predicted octanol–water partition coefficient (Wildman–Crippen LogP) is -1.93. The van der Waals surface area contributed by atoms with Crippen LogP contribution >= 0.6 is 12.8 Å². The minimum atomic E-state index is -0.816. The number of piperazine rings is 1. The molecule has 1 atom stereocenters. The van der Waals surface area contributed by atoms with Crippen LogP contribution in [0.15, 0.2) is 10.3 Å². The van der Waals surface area contributed by atoms with Gasteiger partial charge < -0.3 is 5.84 Å². The molecule has 14 heavy (non-hydrogen) atoms. The molecule has 1 saturated heterocycles. The highest BCUT2D eigenvalue weighted by Crippen LogP contribution is 2.10. The van der Waals surface area contributed by atoms with Crippen LogP contribution in [-0.2, 0) is 9.59 Å². The number of thiol groups is 1. The molecule has 0 spiro atoms. The first-order valence-electron chi connectivity index (χ1n) is 3.73. The number of carbonyl (C=O) groups excluding carboxylic acids is 2. The summed E-state index contributed by atoms with van der Waals surface area (Å²) in [5.41, 5.74) is 0. The van der Waals surface area contributed by atoms with Crippen LogP contribution in [0, 0.1) is 0 Å². The van der Waals surface area contributed by atoms with E-state index in [2.05, 4.69) is 23.2 Å². The van der Waals surface area contributed by atoms with Crippen molar-refractivity contribution in [1.29, 1.82) is 0 Å². The molecule has 0 aromatic carbocycles. The van der Waals surface area contributed by atoms with Gasteiger partial charge in [-0.25, -0.2) is 5.84 Å². The summed E-state index contributed by atoms with van der Waals surface area (Å²) in [5, 5.41) is 7.36.